The van der Waals surface area contributed by atoms with Crippen molar-refractivity contribution in [3.63, 3.8) is 0 Å². The van der Waals surface area contributed by atoms with Gasteiger partial charge in [0.15, 0.2) is 5.78 Å². The van der Waals surface area contributed by atoms with E-state index in [1.807, 2.05) is 0 Å². The minimum absolute atomic E-state index is 0.333. The summed E-state index contributed by atoms with van der Waals surface area (Å²) in [6.07, 6.45) is 1.40. The Bertz CT molecular complexity index is 919. The van der Waals surface area contributed by atoms with Crippen molar-refractivity contribution in [2.75, 3.05) is 13.7 Å². The summed E-state index contributed by atoms with van der Waals surface area (Å²) in [4.78, 5) is 27.1. The molecule has 0 unspecified atom stereocenters. The lowest BCUT2D eigenvalue weighted by molar-refractivity contribution is 0.0600. The molecule has 0 bridgehead atoms. The summed E-state index contributed by atoms with van der Waals surface area (Å²) in [5.41, 5.74) is 2.15. The number of carbonyl (C=O) groups excluding carboxylic acids is 2. The standard InChI is InChI=1S/C17H15N5O4/c1-26-17(25)13-6-7-14(18-8-13)16-19-20-21-22(16)9-11-2-4-12(5-3-11)15(24)10-23/h2-8,23H,9-10H2,1H3. The van der Waals surface area contributed by atoms with Crippen LogP contribution in [0.25, 0.3) is 11.5 Å². The summed E-state index contributed by atoms with van der Waals surface area (Å²) in [7, 11) is 1.30. The van der Waals surface area contributed by atoms with E-state index in [9.17, 15) is 9.59 Å². The number of esters is 1. The van der Waals surface area contributed by atoms with Gasteiger partial charge in [-0.25, -0.2) is 9.48 Å². The van der Waals surface area contributed by atoms with Crippen LogP contribution >= 0.6 is 0 Å². The van der Waals surface area contributed by atoms with Crippen LogP contribution < -0.4 is 0 Å². The fourth-order valence-corrected chi connectivity index (χ4v) is 2.32. The third-order valence-corrected chi connectivity index (χ3v) is 3.70. The van der Waals surface area contributed by atoms with Crippen LogP contribution in [0.15, 0.2) is 42.6 Å². The zero-order valence-corrected chi connectivity index (χ0v) is 13.9. The molecule has 0 atom stereocenters. The van der Waals surface area contributed by atoms with Crippen LogP contribution in [0.5, 0.6) is 0 Å². The molecule has 3 aromatic rings. The number of ether oxygens (including phenoxy) is 1. The Morgan fingerprint density at radius 1 is 1.12 bits per heavy atom. The molecule has 0 aliphatic carbocycles. The second kappa shape index (κ2) is 7.62. The average Bonchev–Trinajstić information content (AvgIpc) is 3.15. The lowest BCUT2D eigenvalue weighted by Crippen LogP contribution is -2.07. The number of aliphatic hydroxyl groups is 1. The van der Waals surface area contributed by atoms with E-state index in [4.69, 9.17) is 5.11 Å². The highest BCUT2D eigenvalue weighted by molar-refractivity contribution is 5.96. The van der Waals surface area contributed by atoms with E-state index in [1.54, 1.807) is 41.1 Å². The molecule has 3 rings (SSSR count). The third-order valence-electron chi connectivity index (χ3n) is 3.70. The Hall–Kier alpha value is -3.46. The van der Waals surface area contributed by atoms with Crippen LogP contribution in [-0.2, 0) is 11.3 Å². The van der Waals surface area contributed by atoms with Crippen LogP contribution in [0.3, 0.4) is 0 Å². The monoisotopic (exact) mass is 353 g/mol. The summed E-state index contributed by atoms with van der Waals surface area (Å²) in [5.74, 6) is -0.368. The van der Waals surface area contributed by atoms with E-state index in [2.05, 4.69) is 25.2 Å². The third kappa shape index (κ3) is 3.62. The first-order valence-electron chi connectivity index (χ1n) is 7.66. The molecule has 9 nitrogen and oxygen atoms in total. The number of nitrogens with zero attached hydrogens (tertiary/aromatic N) is 5. The molecule has 0 saturated carbocycles. The molecular formula is C17H15N5O4. The fourth-order valence-electron chi connectivity index (χ4n) is 2.32. The van der Waals surface area contributed by atoms with Crippen molar-refractivity contribution in [2.24, 2.45) is 0 Å². The molecule has 1 N–H and O–H groups in total. The molecule has 2 heterocycles. The van der Waals surface area contributed by atoms with Gasteiger partial charge in [0.2, 0.25) is 5.82 Å². The summed E-state index contributed by atoms with van der Waals surface area (Å²) < 4.78 is 6.20. The van der Waals surface area contributed by atoms with Gasteiger partial charge in [0.05, 0.1) is 19.2 Å². The van der Waals surface area contributed by atoms with Gasteiger partial charge < -0.3 is 9.84 Å². The summed E-state index contributed by atoms with van der Waals surface area (Å²) in [6, 6.07) is 10.0. The van der Waals surface area contributed by atoms with E-state index in [1.165, 1.54) is 13.3 Å². The maximum atomic E-state index is 11.5. The predicted octanol–water partition coefficient (Wildman–Crippen LogP) is 0.745. The van der Waals surface area contributed by atoms with Crippen LogP contribution in [0.4, 0.5) is 0 Å². The molecule has 2 aromatic heterocycles. The molecule has 0 radical (unpaired) electrons. The zero-order valence-electron chi connectivity index (χ0n) is 13.9. The van der Waals surface area contributed by atoms with E-state index < -0.39 is 12.6 Å². The normalized spacial score (nSPS) is 10.5. The van der Waals surface area contributed by atoms with Gasteiger partial charge in [0, 0.05) is 11.8 Å². The topological polar surface area (TPSA) is 120 Å². The first-order chi connectivity index (χ1) is 12.6. The number of tetrazole rings is 1. The predicted molar refractivity (Wildman–Crippen MR) is 89.3 cm³/mol. The maximum Gasteiger partial charge on any atom is 0.339 e. The molecule has 9 heteroatoms. The van der Waals surface area contributed by atoms with Gasteiger partial charge in [0.25, 0.3) is 0 Å². The Kier molecular flexibility index (Phi) is 5.09. The quantitative estimate of drug-likeness (QED) is 0.509. The van der Waals surface area contributed by atoms with Crippen LogP contribution in [0.1, 0.15) is 26.3 Å². The SMILES string of the molecule is COC(=O)c1ccc(-c2nnnn2Cc2ccc(C(=O)CO)cc2)nc1. The van der Waals surface area contributed by atoms with Gasteiger partial charge >= 0.3 is 5.97 Å². The molecule has 0 spiro atoms. The number of carbonyl (C=O) groups is 2. The number of Topliss-reactive ketones (excluding diaryl/α,β-unsaturated/α-hetero) is 1. The number of aliphatic hydroxyl groups excluding tert-OH is 1. The number of methoxy groups -OCH3 is 1. The highest BCUT2D eigenvalue weighted by Crippen LogP contribution is 2.15. The van der Waals surface area contributed by atoms with Gasteiger partial charge in [-0.05, 0) is 28.1 Å². The Morgan fingerprint density at radius 2 is 1.85 bits per heavy atom. The largest absolute Gasteiger partial charge is 0.465 e. The van der Waals surface area contributed by atoms with Crippen molar-refractivity contribution < 1.29 is 19.4 Å². The van der Waals surface area contributed by atoms with E-state index in [0.29, 0.717) is 29.2 Å². The maximum absolute atomic E-state index is 11.5. The number of rotatable bonds is 6. The molecule has 0 saturated heterocycles. The molecular weight excluding hydrogens is 338 g/mol. The number of aromatic nitrogens is 5. The van der Waals surface area contributed by atoms with Gasteiger partial charge in [-0.1, -0.05) is 24.3 Å². The van der Waals surface area contributed by atoms with Crippen molar-refractivity contribution in [1.82, 2.24) is 25.2 Å². The summed E-state index contributed by atoms with van der Waals surface area (Å²) in [5, 5.41) is 20.5. The highest BCUT2D eigenvalue weighted by Gasteiger charge is 2.13. The molecule has 0 aliphatic rings. The second-order valence-electron chi connectivity index (χ2n) is 5.36. The van der Waals surface area contributed by atoms with Crippen LogP contribution in [0, 0.1) is 0 Å². The van der Waals surface area contributed by atoms with E-state index in [0.717, 1.165) is 5.56 Å². The first-order valence-corrected chi connectivity index (χ1v) is 7.66. The minimum atomic E-state index is -0.524. The molecule has 0 amide bonds. The number of hydrogen-bond acceptors (Lipinski definition) is 8. The van der Waals surface area contributed by atoms with Crippen molar-refractivity contribution >= 4 is 11.8 Å². The summed E-state index contributed by atoms with van der Waals surface area (Å²) in [6.45, 7) is -0.153. The second-order valence-corrected chi connectivity index (χ2v) is 5.36. The fraction of sp³-hybridized carbons (Fsp3) is 0.176. The highest BCUT2D eigenvalue weighted by atomic mass is 16.5. The van der Waals surface area contributed by atoms with Crippen molar-refractivity contribution in [3.8, 4) is 11.5 Å². The number of hydrogen-bond donors (Lipinski definition) is 1. The van der Waals surface area contributed by atoms with E-state index in [-0.39, 0.29) is 5.78 Å². The average molecular weight is 353 g/mol. The molecule has 1 aromatic carbocycles. The molecule has 0 aliphatic heterocycles. The minimum Gasteiger partial charge on any atom is -0.465 e. The lowest BCUT2D eigenvalue weighted by Gasteiger charge is -2.06. The number of benzene rings is 1. The summed E-state index contributed by atoms with van der Waals surface area (Å²) >= 11 is 0. The lowest BCUT2D eigenvalue weighted by atomic mass is 10.1. The molecule has 0 fully saturated rings. The van der Waals surface area contributed by atoms with Crippen LogP contribution in [-0.4, -0.2) is 55.8 Å². The van der Waals surface area contributed by atoms with E-state index >= 15 is 0 Å². The van der Waals surface area contributed by atoms with Gasteiger partial charge in [0.1, 0.15) is 12.3 Å². The first kappa shape index (κ1) is 17.4. The van der Waals surface area contributed by atoms with Crippen molar-refractivity contribution in [1.29, 1.82) is 0 Å². The van der Waals surface area contributed by atoms with Crippen molar-refractivity contribution in [2.45, 2.75) is 6.54 Å². The smallest absolute Gasteiger partial charge is 0.339 e. The number of ketones is 1. The molecule has 26 heavy (non-hydrogen) atoms. The van der Waals surface area contributed by atoms with Crippen LogP contribution in [0.2, 0.25) is 0 Å². The molecule has 132 valence electrons. The Balaban J connectivity index is 1.80. The van der Waals surface area contributed by atoms with Gasteiger partial charge in [-0.2, -0.15) is 0 Å². The van der Waals surface area contributed by atoms with Crippen molar-refractivity contribution in [3.05, 3.63) is 59.3 Å². The Labute approximate surface area is 148 Å². The Morgan fingerprint density at radius 3 is 2.46 bits per heavy atom. The van der Waals surface area contributed by atoms with Gasteiger partial charge in [-0.3, -0.25) is 9.78 Å². The van der Waals surface area contributed by atoms with Gasteiger partial charge in [-0.15, -0.1) is 5.10 Å². The number of pyridine rings is 1. The zero-order chi connectivity index (χ0) is 18.5.